The lowest BCUT2D eigenvalue weighted by atomic mass is 10.2. The molecule has 144 valence electrons. The number of unbranched alkanes of at least 4 members (excludes halogenated alkanes) is 3. The first-order valence-corrected chi connectivity index (χ1v) is 9.42. The number of amides is 1. The predicted molar refractivity (Wildman–Crippen MR) is 109 cm³/mol. The molecule has 6 heteroatoms. The van der Waals surface area contributed by atoms with E-state index in [-0.39, 0.29) is 5.91 Å². The van der Waals surface area contributed by atoms with Crippen LogP contribution in [0.1, 0.15) is 48.5 Å². The second kappa shape index (κ2) is 11.2. The summed E-state index contributed by atoms with van der Waals surface area (Å²) < 4.78 is 11.2. The van der Waals surface area contributed by atoms with Crippen molar-refractivity contribution >= 4 is 23.7 Å². The van der Waals surface area contributed by atoms with Crippen LogP contribution in [-0.2, 0) is 0 Å². The van der Waals surface area contributed by atoms with Crippen LogP contribution in [-0.4, -0.2) is 25.8 Å². The molecule has 1 N–H and O–H groups in total. The molecule has 0 saturated carbocycles. The minimum absolute atomic E-state index is 0.281. The molecule has 0 aliphatic carbocycles. The maximum absolute atomic E-state index is 12.0. The van der Waals surface area contributed by atoms with Crippen LogP contribution in [0.15, 0.2) is 47.6 Å². The van der Waals surface area contributed by atoms with Crippen LogP contribution in [0.25, 0.3) is 0 Å². The quantitative estimate of drug-likeness (QED) is 0.351. The number of methoxy groups -OCH3 is 1. The molecule has 0 heterocycles. The third kappa shape index (κ3) is 6.61. The first-order chi connectivity index (χ1) is 13.2. The molecule has 0 aromatic heterocycles. The van der Waals surface area contributed by atoms with E-state index in [4.69, 9.17) is 21.1 Å². The summed E-state index contributed by atoms with van der Waals surface area (Å²) in [4.78, 5) is 12.0. The minimum Gasteiger partial charge on any atom is -0.493 e. The van der Waals surface area contributed by atoms with Gasteiger partial charge in [0, 0.05) is 5.56 Å². The van der Waals surface area contributed by atoms with Crippen molar-refractivity contribution in [2.24, 2.45) is 5.10 Å². The van der Waals surface area contributed by atoms with Crippen molar-refractivity contribution in [1.82, 2.24) is 5.43 Å². The average Bonchev–Trinajstić information content (AvgIpc) is 2.69. The van der Waals surface area contributed by atoms with Gasteiger partial charge in [0.25, 0.3) is 5.91 Å². The van der Waals surface area contributed by atoms with Gasteiger partial charge >= 0.3 is 0 Å². The molecule has 0 unspecified atom stereocenters. The monoisotopic (exact) mass is 388 g/mol. The molecule has 2 aromatic carbocycles. The lowest BCUT2D eigenvalue weighted by molar-refractivity contribution is 0.0955. The summed E-state index contributed by atoms with van der Waals surface area (Å²) in [6.45, 7) is 2.76. The molecule has 0 radical (unpaired) electrons. The number of nitrogens with zero attached hydrogens (tertiary/aromatic N) is 1. The molecule has 0 saturated heterocycles. The number of carbonyl (C=O) groups is 1. The molecule has 5 nitrogen and oxygen atoms in total. The zero-order valence-electron chi connectivity index (χ0n) is 15.7. The fraction of sp³-hybridized carbons (Fsp3) is 0.333. The molecule has 0 spiro atoms. The summed E-state index contributed by atoms with van der Waals surface area (Å²) in [7, 11) is 1.56. The van der Waals surface area contributed by atoms with E-state index >= 15 is 0 Å². The Bertz CT molecular complexity index is 764. The highest BCUT2D eigenvalue weighted by Crippen LogP contribution is 2.36. The Balaban J connectivity index is 1.99. The summed E-state index contributed by atoms with van der Waals surface area (Å²) in [6.07, 6.45) is 5.99. The van der Waals surface area contributed by atoms with E-state index in [1.807, 2.05) is 6.07 Å². The molecule has 0 bridgehead atoms. The van der Waals surface area contributed by atoms with Crippen LogP contribution in [0.2, 0.25) is 5.02 Å². The maximum Gasteiger partial charge on any atom is 0.271 e. The van der Waals surface area contributed by atoms with Crippen LogP contribution in [0.3, 0.4) is 0 Å². The van der Waals surface area contributed by atoms with E-state index in [9.17, 15) is 4.79 Å². The molecule has 0 atom stereocenters. The number of rotatable bonds is 10. The molecule has 2 aromatic rings. The van der Waals surface area contributed by atoms with E-state index in [0.717, 1.165) is 12.8 Å². The van der Waals surface area contributed by atoms with E-state index in [1.54, 1.807) is 43.5 Å². The zero-order valence-corrected chi connectivity index (χ0v) is 16.5. The number of benzene rings is 2. The Kier molecular flexibility index (Phi) is 8.65. The van der Waals surface area contributed by atoms with Gasteiger partial charge in [0.05, 0.1) is 25.0 Å². The van der Waals surface area contributed by atoms with Gasteiger partial charge in [-0.15, -0.1) is 0 Å². The molecule has 0 aliphatic rings. The Labute approximate surface area is 165 Å². The van der Waals surface area contributed by atoms with E-state index < -0.39 is 0 Å². The fourth-order valence-electron chi connectivity index (χ4n) is 2.48. The van der Waals surface area contributed by atoms with E-state index in [2.05, 4.69) is 17.5 Å². The summed E-state index contributed by atoms with van der Waals surface area (Å²) in [5.74, 6) is 0.784. The molecule has 2 rings (SSSR count). The first-order valence-electron chi connectivity index (χ1n) is 9.04. The maximum atomic E-state index is 12.0. The van der Waals surface area contributed by atoms with Gasteiger partial charge < -0.3 is 9.47 Å². The van der Waals surface area contributed by atoms with Crippen molar-refractivity contribution in [2.75, 3.05) is 13.7 Å². The number of hydrogen-bond donors (Lipinski definition) is 1. The normalized spacial score (nSPS) is 10.8. The molecular formula is C21H25ClN2O3. The lowest BCUT2D eigenvalue weighted by Crippen LogP contribution is -2.17. The zero-order chi connectivity index (χ0) is 19.5. The van der Waals surface area contributed by atoms with Crippen LogP contribution >= 0.6 is 11.6 Å². The van der Waals surface area contributed by atoms with Crippen molar-refractivity contribution in [3.8, 4) is 11.5 Å². The van der Waals surface area contributed by atoms with Crippen molar-refractivity contribution in [3.05, 3.63) is 58.6 Å². The summed E-state index contributed by atoms with van der Waals surface area (Å²) in [6, 6.07) is 12.4. The number of nitrogens with one attached hydrogen (secondary N) is 1. The van der Waals surface area contributed by atoms with Gasteiger partial charge in [-0.2, -0.15) is 5.10 Å². The minimum atomic E-state index is -0.281. The van der Waals surface area contributed by atoms with E-state index in [0.29, 0.717) is 34.3 Å². The highest BCUT2D eigenvalue weighted by Gasteiger charge is 2.11. The third-order valence-electron chi connectivity index (χ3n) is 3.91. The number of hydrogen-bond acceptors (Lipinski definition) is 4. The second-order valence-electron chi connectivity index (χ2n) is 6.01. The summed E-state index contributed by atoms with van der Waals surface area (Å²) in [5, 5.41) is 4.43. The van der Waals surface area contributed by atoms with Crippen molar-refractivity contribution < 1.29 is 14.3 Å². The number of ether oxygens (including phenoxy) is 2. The van der Waals surface area contributed by atoms with Crippen molar-refractivity contribution in [2.45, 2.75) is 32.6 Å². The van der Waals surface area contributed by atoms with Crippen LogP contribution in [0.4, 0.5) is 0 Å². The van der Waals surface area contributed by atoms with Crippen molar-refractivity contribution in [1.29, 1.82) is 0 Å². The van der Waals surface area contributed by atoms with Crippen LogP contribution < -0.4 is 14.9 Å². The van der Waals surface area contributed by atoms with E-state index in [1.165, 1.54) is 19.1 Å². The number of carbonyl (C=O) groups excluding carboxylic acids is 1. The lowest BCUT2D eigenvalue weighted by Gasteiger charge is -2.13. The summed E-state index contributed by atoms with van der Waals surface area (Å²) in [5.41, 5.74) is 3.72. The molecule has 0 fully saturated rings. The Morgan fingerprint density at radius 3 is 2.67 bits per heavy atom. The SMILES string of the molecule is CCCCCCOc1c(Cl)cc(/C=N/NC(=O)c2ccccc2)cc1OC. The second-order valence-corrected chi connectivity index (χ2v) is 6.42. The van der Waals surface area contributed by atoms with Gasteiger partial charge in [0.2, 0.25) is 0 Å². The summed E-state index contributed by atoms with van der Waals surface area (Å²) >= 11 is 6.34. The fourth-order valence-corrected chi connectivity index (χ4v) is 2.75. The van der Waals surface area contributed by atoms with Gasteiger partial charge in [-0.1, -0.05) is 56.0 Å². The van der Waals surface area contributed by atoms with Gasteiger partial charge in [0.15, 0.2) is 11.5 Å². The number of hydrazone groups is 1. The van der Waals surface area contributed by atoms with Crippen molar-refractivity contribution in [3.63, 3.8) is 0 Å². The first kappa shape index (κ1) is 20.8. The largest absolute Gasteiger partial charge is 0.493 e. The molecular weight excluding hydrogens is 364 g/mol. The topological polar surface area (TPSA) is 59.9 Å². The van der Waals surface area contributed by atoms with Gasteiger partial charge in [-0.3, -0.25) is 4.79 Å². The van der Waals surface area contributed by atoms with Crippen LogP contribution in [0.5, 0.6) is 11.5 Å². The average molecular weight is 389 g/mol. The highest BCUT2D eigenvalue weighted by atomic mass is 35.5. The third-order valence-corrected chi connectivity index (χ3v) is 4.19. The predicted octanol–water partition coefficient (Wildman–Crippen LogP) is 5.07. The molecule has 27 heavy (non-hydrogen) atoms. The Morgan fingerprint density at radius 2 is 1.96 bits per heavy atom. The van der Waals surface area contributed by atoms with Crippen LogP contribution in [0, 0.1) is 0 Å². The standard InChI is InChI=1S/C21H25ClN2O3/c1-3-4-5-9-12-27-20-18(22)13-16(14-19(20)26-2)15-23-24-21(25)17-10-7-6-8-11-17/h6-8,10-11,13-15H,3-5,9,12H2,1-2H3,(H,24,25)/b23-15+. The molecule has 1 amide bonds. The Hall–Kier alpha value is -2.53. The Morgan fingerprint density at radius 1 is 1.19 bits per heavy atom. The highest BCUT2D eigenvalue weighted by molar-refractivity contribution is 6.32. The van der Waals surface area contributed by atoms with Gasteiger partial charge in [0.1, 0.15) is 0 Å². The van der Waals surface area contributed by atoms with Gasteiger partial charge in [-0.25, -0.2) is 5.43 Å². The smallest absolute Gasteiger partial charge is 0.271 e. The molecule has 0 aliphatic heterocycles. The number of halogens is 1. The van der Waals surface area contributed by atoms with Gasteiger partial charge in [-0.05, 0) is 36.2 Å².